The fourth-order valence-corrected chi connectivity index (χ4v) is 1.39. The van der Waals surface area contributed by atoms with E-state index in [0.29, 0.717) is 12.3 Å². The maximum Gasteiger partial charge on any atom is 0.204 e. The first-order chi connectivity index (χ1) is 7.25. The van der Waals surface area contributed by atoms with E-state index < -0.39 is 0 Å². The summed E-state index contributed by atoms with van der Waals surface area (Å²) in [6, 6.07) is 1.48. The molecular formula is C11H16N2O2. The molecule has 1 saturated carbocycles. The van der Waals surface area contributed by atoms with E-state index in [-0.39, 0.29) is 5.43 Å². The lowest BCUT2D eigenvalue weighted by Crippen LogP contribution is -2.13. The fourth-order valence-electron chi connectivity index (χ4n) is 1.39. The fraction of sp³-hybridized carbons (Fsp3) is 0.545. The molecule has 0 amide bonds. The van der Waals surface area contributed by atoms with E-state index in [1.807, 2.05) is 4.57 Å². The lowest BCUT2D eigenvalue weighted by atomic mass is 10.4. The summed E-state index contributed by atoms with van der Waals surface area (Å²) in [4.78, 5) is 11.0. The van der Waals surface area contributed by atoms with Crippen LogP contribution in [-0.2, 0) is 11.3 Å². The average Bonchev–Trinajstić information content (AvgIpc) is 3.02. The van der Waals surface area contributed by atoms with Gasteiger partial charge in [-0.05, 0) is 18.8 Å². The van der Waals surface area contributed by atoms with Crippen molar-refractivity contribution < 1.29 is 4.74 Å². The highest BCUT2D eigenvalue weighted by Crippen LogP contribution is 2.28. The highest BCUT2D eigenvalue weighted by molar-refractivity contribution is 5.33. The van der Waals surface area contributed by atoms with Gasteiger partial charge in [-0.15, -0.1) is 0 Å². The number of nitrogens with zero attached hydrogens (tertiary/aromatic N) is 1. The molecule has 2 rings (SSSR count). The number of aromatic nitrogens is 1. The molecule has 4 heteroatoms. The Balaban J connectivity index is 1.76. The van der Waals surface area contributed by atoms with E-state index in [9.17, 15) is 4.79 Å². The summed E-state index contributed by atoms with van der Waals surface area (Å²) in [6.45, 7) is 2.30. The molecule has 1 heterocycles. The molecule has 15 heavy (non-hydrogen) atoms. The molecule has 4 nitrogen and oxygen atoms in total. The van der Waals surface area contributed by atoms with E-state index >= 15 is 0 Å². The molecule has 1 aliphatic carbocycles. The number of pyridine rings is 1. The normalized spacial score (nSPS) is 15.5. The molecule has 82 valence electrons. The number of nitrogen functional groups attached to an aromatic ring is 1. The van der Waals surface area contributed by atoms with Crippen molar-refractivity contribution in [3.05, 3.63) is 28.7 Å². The van der Waals surface area contributed by atoms with Gasteiger partial charge in [-0.2, -0.15) is 0 Å². The van der Waals surface area contributed by atoms with Crippen LogP contribution in [0.3, 0.4) is 0 Å². The van der Waals surface area contributed by atoms with Crippen LogP contribution >= 0.6 is 0 Å². The zero-order valence-corrected chi connectivity index (χ0v) is 8.69. The van der Waals surface area contributed by atoms with Gasteiger partial charge in [0.25, 0.3) is 0 Å². The van der Waals surface area contributed by atoms with Gasteiger partial charge in [0.2, 0.25) is 5.43 Å². The highest BCUT2D eigenvalue weighted by atomic mass is 16.5. The molecule has 0 aliphatic heterocycles. The first-order valence-electron chi connectivity index (χ1n) is 5.29. The standard InChI is InChI=1S/C11H16N2O2/c12-10-7-13(4-3-11(10)14)5-6-15-8-9-1-2-9/h3-4,7,9H,1-2,5-6,8,12H2. The Morgan fingerprint density at radius 1 is 1.53 bits per heavy atom. The van der Waals surface area contributed by atoms with Gasteiger partial charge in [0.1, 0.15) is 0 Å². The summed E-state index contributed by atoms with van der Waals surface area (Å²) in [6.07, 6.45) is 6.01. The SMILES string of the molecule is Nc1cn(CCOCC2CC2)ccc1=O. The van der Waals surface area contributed by atoms with Crippen LogP contribution in [0.4, 0.5) is 5.69 Å². The molecule has 0 radical (unpaired) electrons. The van der Waals surface area contributed by atoms with E-state index in [1.165, 1.54) is 18.9 Å². The second-order valence-corrected chi connectivity index (χ2v) is 4.02. The van der Waals surface area contributed by atoms with Gasteiger partial charge in [-0.1, -0.05) is 0 Å². The Labute approximate surface area is 88.7 Å². The molecule has 1 aromatic heterocycles. The molecule has 0 saturated heterocycles. The molecule has 1 aliphatic rings. The smallest absolute Gasteiger partial charge is 0.204 e. The van der Waals surface area contributed by atoms with Crippen LogP contribution in [-0.4, -0.2) is 17.8 Å². The Morgan fingerprint density at radius 2 is 2.33 bits per heavy atom. The van der Waals surface area contributed by atoms with Crippen molar-refractivity contribution in [2.45, 2.75) is 19.4 Å². The third-order valence-electron chi connectivity index (χ3n) is 2.55. The topological polar surface area (TPSA) is 57.2 Å². The van der Waals surface area contributed by atoms with E-state index in [1.54, 1.807) is 12.4 Å². The molecule has 0 unspecified atom stereocenters. The quantitative estimate of drug-likeness (QED) is 0.730. The molecule has 0 spiro atoms. The lowest BCUT2D eigenvalue weighted by Gasteiger charge is -2.07. The summed E-state index contributed by atoms with van der Waals surface area (Å²) in [5.41, 5.74) is 5.68. The van der Waals surface area contributed by atoms with E-state index in [2.05, 4.69) is 0 Å². The predicted molar refractivity (Wildman–Crippen MR) is 58.7 cm³/mol. The molecule has 0 atom stereocenters. The molecule has 1 aromatic rings. The second-order valence-electron chi connectivity index (χ2n) is 4.02. The Kier molecular flexibility index (Phi) is 3.06. The van der Waals surface area contributed by atoms with Gasteiger partial charge in [0.15, 0.2) is 0 Å². The molecule has 0 bridgehead atoms. The van der Waals surface area contributed by atoms with Crippen LogP contribution in [0.1, 0.15) is 12.8 Å². The number of rotatable bonds is 5. The minimum Gasteiger partial charge on any atom is -0.394 e. The maximum atomic E-state index is 11.0. The Morgan fingerprint density at radius 3 is 3.00 bits per heavy atom. The van der Waals surface area contributed by atoms with Crippen LogP contribution < -0.4 is 11.2 Å². The van der Waals surface area contributed by atoms with E-state index in [4.69, 9.17) is 10.5 Å². The summed E-state index contributed by atoms with van der Waals surface area (Å²) in [5, 5.41) is 0. The third kappa shape index (κ3) is 3.09. The van der Waals surface area contributed by atoms with Gasteiger partial charge >= 0.3 is 0 Å². The van der Waals surface area contributed by atoms with Crippen molar-refractivity contribution >= 4 is 5.69 Å². The number of hydrogen-bond acceptors (Lipinski definition) is 3. The van der Waals surface area contributed by atoms with Crippen molar-refractivity contribution in [1.29, 1.82) is 0 Å². The molecular weight excluding hydrogens is 192 g/mol. The van der Waals surface area contributed by atoms with Crippen LogP contribution in [0, 0.1) is 5.92 Å². The average molecular weight is 208 g/mol. The first kappa shape index (κ1) is 10.2. The zero-order chi connectivity index (χ0) is 10.7. The minimum atomic E-state index is -0.120. The van der Waals surface area contributed by atoms with Crippen LogP contribution in [0.2, 0.25) is 0 Å². The highest BCUT2D eigenvalue weighted by Gasteiger charge is 2.20. The van der Waals surface area contributed by atoms with Gasteiger partial charge in [0.05, 0.1) is 12.3 Å². The Hall–Kier alpha value is -1.29. The molecule has 0 aromatic carbocycles. The van der Waals surface area contributed by atoms with Crippen molar-refractivity contribution in [2.24, 2.45) is 5.92 Å². The lowest BCUT2D eigenvalue weighted by molar-refractivity contribution is 0.117. The van der Waals surface area contributed by atoms with Crippen molar-refractivity contribution in [3.8, 4) is 0 Å². The number of ether oxygens (including phenoxy) is 1. The maximum absolute atomic E-state index is 11.0. The Bertz CT molecular complexity index is 382. The van der Waals surface area contributed by atoms with Crippen LogP contribution in [0.5, 0.6) is 0 Å². The van der Waals surface area contributed by atoms with Gasteiger partial charge in [0, 0.05) is 31.6 Å². The predicted octanol–water partition coefficient (Wildman–Crippen LogP) is 0.857. The summed E-state index contributed by atoms with van der Waals surface area (Å²) >= 11 is 0. The summed E-state index contributed by atoms with van der Waals surface area (Å²) in [7, 11) is 0. The molecule has 2 N–H and O–H groups in total. The summed E-state index contributed by atoms with van der Waals surface area (Å²) in [5.74, 6) is 0.795. The largest absolute Gasteiger partial charge is 0.394 e. The third-order valence-corrected chi connectivity index (χ3v) is 2.55. The van der Waals surface area contributed by atoms with E-state index in [0.717, 1.165) is 19.1 Å². The van der Waals surface area contributed by atoms with Gasteiger partial charge in [-0.3, -0.25) is 4.79 Å². The van der Waals surface area contributed by atoms with Crippen LogP contribution in [0.15, 0.2) is 23.3 Å². The zero-order valence-electron chi connectivity index (χ0n) is 8.69. The second kappa shape index (κ2) is 4.49. The number of anilines is 1. The van der Waals surface area contributed by atoms with Crippen molar-refractivity contribution in [2.75, 3.05) is 18.9 Å². The number of nitrogens with two attached hydrogens (primary N) is 1. The van der Waals surface area contributed by atoms with Crippen molar-refractivity contribution in [1.82, 2.24) is 4.57 Å². The monoisotopic (exact) mass is 208 g/mol. The summed E-state index contributed by atoms with van der Waals surface area (Å²) < 4.78 is 7.37. The number of hydrogen-bond donors (Lipinski definition) is 1. The van der Waals surface area contributed by atoms with Gasteiger partial charge < -0.3 is 15.0 Å². The van der Waals surface area contributed by atoms with Crippen molar-refractivity contribution in [3.63, 3.8) is 0 Å². The van der Waals surface area contributed by atoms with Crippen LogP contribution in [0.25, 0.3) is 0 Å². The molecule has 1 fully saturated rings. The van der Waals surface area contributed by atoms with Gasteiger partial charge in [-0.25, -0.2) is 0 Å². The minimum absolute atomic E-state index is 0.120. The first-order valence-corrected chi connectivity index (χ1v) is 5.29.